The maximum Gasteiger partial charge on any atom is 0.266 e. The molecule has 0 aliphatic heterocycles. The van der Waals surface area contributed by atoms with Crippen LogP contribution in [0, 0.1) is 11.3 Å². The summed E-state index contributed by atoms with van der Waals surface area (Å²) in [6, 6.07) is 12.0. The van der Waals surface area contributed by atoms with Crippen molar-refractivity contribution in [1.29, 1.82) is 5.26 Å². The molecule has 6 heteroatoms. The molecule has 5 nitrogen and oxygen atoms in total. The normalized spacial score (nSPS) is 10.5. The zero-order valence-corrected chi connectivity index (χ0v) is 12.1. The molecule has 0 atom stereocenters. The number of aromatic nitrogens is 2. The van der Waals surface area contributed by atoms with Gasteiger partial charge in [-0.2, -0.15) is 5.26 Å². The summed E-state index contributed by atoms with van der Waals surface area (Å²) in [5, 5.41) is 9.82. The molecule has 3 rings (SSSR count). The van der Waals surface area contributed by atoms with E-state index in [-0.39, 0.29) is 11.1 Å². The van der Waals surface area contributed by atoms with Gasteiger partial charge in [0.05, 0.1) is 17.4 Å². The lowest BCUT2D eigenvalue weighted by Gasteiger charge is -2.08. The Kier molecular flexibility index (Phi) is 3.53. The summed E-state index contributed by atoms with van der Waals surface area (Å²) in [7, 11) is 0. The standard InChI is InChI=1S/C16H10ClN3O2/c17-12-3-1-2-10(6-12)9-20-5-4-14-13(16(20)22)7-11(8-18)15(21)19-14/h1-7H,9H2,(H,19,21). The van der Waals surface area contributed by atoms with Gasteiger partial charge in [0.1, 0.15) is 11.6 Å². The minimum absolute atomic E-state index is 0.0786. The molecule has 1 N–H and O–H groups in total. The Bertz CT molecular complexity index is 1030. The first kappa shape index (κ1) is 14.1. The van der Waals surface area contributed by atoms with Gasteiger partial charge in [-0.3, -0.25) is 9.59 Å². The summed E-state index contributed by atoms with van der Waals surface area (Å²) in [4.78, 5) is 26.6. The Morgan fingerprint density at radius 2 is 2.05 bits per heavy atom. The zero-order chi connectivity index (χ0) is 15.7. The number of nitrogens with zero attached hydrogens (tertiary/aromatic N) is 2. The molecule has 3 aromatic rings. The number of nitrogens with one attached hydrogen (secondary N) is 1. The maximum atomic E-state index is 12.5. The maximum absolute atomic E-state index is 12.5. The third-order valence-electron chi connectivity index (χ3n) is 3.35. The number of fused-ring (bicyclic) bond motifs is 1. The molecule has 22 heavy (non-hydrogen) atoms. The second-order valence-corrected chi connectivity index (χ2v) is 5.27. The molecule has 2 aromatic heterocycles. The lowest BCUT2D eigenvalue weighted by atomic mass is 10.2. The zero-order valence-electron chi connectivity index (χ0n) is 11.3. The van der Waals surface area contributed by atoms with E-state index in [0.717, 1.165) is 5.56 Å². The number of benzene rings is 1. The Morgan fingerprint density at radius 3 is 2.77 bits per heavy atom. The second kappa shape index (κ2) is 5.51. The fraction of sp³-hybridized carbons (Fsp3) is 0.0625. The summed E-state index contributed by atoms with van der Waals surface area (Å²) in [5.74, 6) is 0. The van der Waals surface area contributed by atoms with Crippen molar-refractivity contribution in [3.63, 3.8) is 0 Å². The van der Waals surface area contributed by atoms with Crippen LogP contribution in [0.15, 0.2) is 52.2 Å². The molecule has 2 heterocycles. The molecule has 0 aliphatic rings. The lowest BCUT2D eigenvalue weighted by molar-refractivity contribution is 0.767. The molecule has 0 aliphatic carbocycles. The number of pyridine rings is 2. The van der Waals surface area contributed by atoms with E-state index in [1.807, 2.05) is 12.1 Å². The van der Waals surface area contributed by atoms with E-state index < -0.39 is 5.56 Å². The molecule has 0 saturated heterocycles. The van der Waals surface area contributed by atoms with Crippen molar-refractivity contribution in [2.75, 3.05) is 0 Å². The smallest absolute Gasteiger partial charge is 0.266 e. The average Bonchev–Trinajstić information content (AvgIpc) is 2.50. The van der Waals surface area contributed by atoms with Crippen LogP contribution < -0.4 is 11.1 Å². The summed E-state index contributed by atoms with van der Waals surface area (Å²) in [6.07, 6.45) is 1.60. The second-order valence-electron chi connectivity index (χ2n) is 4.83. The highest BCUT2D eigenvalue weighted by molar-refractivity contribution is 6.30. The molecular weight excluding hydrogens is 302 g/mol. The van der Waals surface area contributed by atoms with Crippen molar-refractivity contribution in [3.05, 3.63) is 79.5 Å². The highest BCUT2D eigenvalue weighted by Crippen LogP contribution is 2.12. The van der Waals surface area contributed by atoms with Crippen LogP contribution in [0.5, 0.6) is 0 Å². The minimum Gasteiger partial charge on any atom is -0.321 e. The molecule has 0 spiro atoms. The first-order valence-corrected chi connectivity index (χ1v) is 6.87. The van der Waals surface area contributed by atoms with Crippen molar-refractivity contribution in [2.24, 2.45) is 0 Å². The molecule has 0 unspecified atom stereocenters. The number of halogens is 1. The molecule has 108 valence electrons. The summed E-state index contributed by atoms with van der Waals surface area (Å²) >= 11 is 5.94. The van der Waals surface area contributed by atoms with E-state index in [0.29, 0.717) is 22.5 Å². The van der Waals surface area contributed by atoms with Crippen molar-refractivity contribution in [3.8, 4) is 6.07 Å². The van der Waals surface area contributed by atoms with Gasteiger partial charge in [-0.15, -0.1) is 0 Å². The molecule has 0 fully saturated rings. The quantitative estimate of drug-likeness (QED) is 0.788. The molecular formula is C16H10ClN3O2. The summed E-state index contributed by atoms with van der Waals surface area (Å²) in [6.45, 7) is 0.357. The minimum atomic E-state index is -0.498. The number of aromatic amines is 1. The Morgan fingerprint density at radius 1 is 1.23 bits per heavy atom. The fourth-order valence-electron chi connectivity index (χ4n) is 2.28. The van der Waals surface area contributed by atoms with Crippen LogP contribution in [-0.4, -0.2) is 9.55 Å². The van der Waals surface area contributed by atoms with Crippen LogP contribution in [0.4, 0.5) is 0 Å². The molecule has 0 bridgehead atoms. The van der Waals surface area contributed by atoms with Gasteiger partial charge in [-0.05, 0) is 29.8 Å². The van der Waals surface area contributed by atoms with E-state index in [1.165, 1.54) is 10.6 Å². The molecule has 0 radical (unpaired) electrons. The number of rotatable bonds is 2. The SMILES string of the molecule is N#Cc1cc2c(=O)n(Cc3cccc(Cl)c3)ccc2[nH]c1=O. The van der Waals surface area contributed by atoms with E-state index in [1.54, 1.807) is 30.5 Å². The highest BCUT2D eigenvalue weighted by Gasteiger charge is 2.08. The van der Waals surface area contributed by atoms with E-state index >= 15 is 0 Å². The predicted octanol–water partition coefficient (Wildman–Crippen LogP) is 2.26. The first-order chi connectivity index (χ1) is 10.6. The van der Waals surface area contributed by atoms with Gasteiger partial charge >= 0.3 is 0 Å². The van der Waals surface area contributed by atoms with E-state index in [2.05, 4.69) is 4.98 Å². The highest BCUT2D eigenvalue weighted by atomic mass is 35.5. The third-order valence-corrected chi connectivity index (χ3v) is 3.58. The summed E-state index contributed by atoms with van der Waals surface area (Å²) in [5.41, 5.74) is 0.451. The predicted molar refractivity (Wildman–Crippen MR) is 84.1 cm³/mol. The van der Waals surface area contributed by atoms with Crippen LogP contribution >= 0.6 is 11.6 Å². The van der Waals surface area contributed by atoms with Crippen LogP contribution in [0.25, 0.3) is 10.9 Å². The third kappa shape index (κ3) is 2.52. The number of hydrogen-bond acceptors (Lipinski definition) is 3. The van der Waals surface area contributed by atoms with Gasteiger partial charge in [0.25, 0.3) is 11.1 Å². The van der Waals surface area contributed by atoms with Crippen molar-refractivity contribution < 1.29 is 0 Å². The number of nitriles is 1. The number of hydrogen-bond donors (Lipinski definition) is 1. The summed E-state index contributed by atoms with van der Waals surface area (Å²) < 4.78 is 1.51. The Hall–Kier alpha value is -2.84. The van der Waals surface area contributed by atoms with Gasteiger partial charge in [0.2, 0.25) is 0 Å². The van der Waals surface area contributed by atoms with Crippen molar-refractivity contribution in [1.82, 2.24) is 9.55 Å². The molecule has 1 aromatic carbocycles. The van der Waals surface area contributed by atoms with Gasteiger partial charge < -0.3 is 9.55 Å². The van der Waals surface area contributed by atoms with Crippen LogP contribution in [-0.2, 0) is 6.54 Å². The van der Waals surface area contributed by atoms with Gasteiger partial charge in [0.15, 0.2) is 0 Å². The lowest BCUT2D eigenvalue weighted by Crippen LogP contribution is -2.22. The average molecular weight is 312 g/mol. The number of H-pyrrole nitrogens is 1. The van der Waals surface area contributed by atoms with Gasteiger partial charge in [0, 0.05) is 11.2 Å². The van der Waals surface area contributed by atoms with Crippen LogP contribution in [0.2, 0.25) is 5.02 Å². The topological polar surface area (TPSA) is 78.7 Å². The van der Waals surface area contributed by atoms with Crippen molar-refractivity contribution in [2.45, 2.75) is 6.54 Å². The van der Waals surface area contributed by atoms with Gasteiger partial charge in [-0.25, -0.2) is 0 Å². The van der Waals surface area contributed by atoms with E-state index in [9.17, 15) is 9.59 Å². The first-order valence-electron chi connectivity index (χ1n) is 6.49. The largest absolute Gasteiger partial charge is 0.321 e. The molecule has 0 amide bonds. The van der Waals surface area contributed by atoms with Crippen molar-refractivity contribution >= 4 is 22.5 Å². The van der Waals surface area contributed by atoms with Crippen LogP contribution in [0.1, 0.15) is 11.1 Å². The van der Waals surface area contributed by atoms with Crippen LogP contribution in [0.3, 0.4) is 0 Å². The Labute approximate surface area is 130 Å². The van der Waals surface area contributed by atoms with Gasteiger partial charge in [-0.1, -0.05) is 23.7 Å². The van der Waals surface area contributed by atoms with E-state index in [4.69, 9.17) is 16.9 Å². The fourth-order valence-corrected chi connectivity index (χ4v) is 2.49. The molecule has 0 saturated carbocycles. The monoisotopic (exact) mass is 311 g/mol. The Balaban J connectivity index is 2.14.